The molecule has 0 aliphatic rings. The molecule has 0 bridgehead atoms. The second kappa shape index (κ2) is 7.02. The van der Waals surface area contributed by atoms with Crippen LogP contribution in [0, 0.1) is 10.1 Å². The third-order valence-electron chi connectivity index (χ3n) is 3.19. The van der Waals surface area contributed by atoms with Gasteiger partial charge in [-0.25, -0.2) is 0 Å². The average Bonchev–Trinajstić information content (AvgIpc) is 2.46. The van der Waals surface area contributed by atoms with Crippen molar-refractivity contribution in [1.82, 2.24) is 5.32 Å². The molecule has 0 aliphatic carbocycles. The monoisotopic (exact) mass is 368 g/mol. The molecule has 0 radical (unpaired) electrons. The van der Waals surface area contributed by atoms with Crippen molar-refractivity contribution >= 4 is 33.2 Å². The van der Waals surface area contributed by atoms with E-state index in [1.165, 1.54) is 6.07 Å². The zero-order valence-electron chi connectivity index (χ0n) is 11.3. The van der Waals surface area contributed by atoms with Gasteiger partial charge in [-0.1, -0.05) is 45.7 Å². The Bertz CT molecular complexity index is 647. The Labute approximate surface area is 136 Å². The van der Waals surface area contributed by atoms with Crippen LogP contribution in [0.4, 0.5) is 5.69 Å². The zero-order valence-corrected chi connectivity index (χ0v) is 13.7. The minimum Gasteiger partial charge on any atom is -0.306 e. The molecule has 0 heterocycles. The fraction of sp³-hybridized carbons (Fsp3) is 0.200. The van der Waals surface area contributed by atoms with E-state index in [2.05, 4.69) is 21.2 Å². The lowest BCUT2D eigenvalue weighted by Crippen LogP contribution is -2.18. The summed E-state index contributed by atoms with van der Waals surface area (Å²) < 4.78 is 1.03. The van der Waals surface area contributed by atoms with E-state index in [1.807, 2.05) is 31.2 Å². The second-order valence-corrected chi connectivity index (χ2v) is 6.02. The molecule has 21 heavy (non-hydrogen) atoms. The topological polar surface area (TPSA) is 55.2 Å². The maximum atomic E-state index is 10.9. The predicted octanol–water partition coefficient (Wildman–Crippen LogP) is 4.86. The van der Waals surface area contributed by atoms with Crippen molar-refractivity contribution in [2.75, 3.05) is 0 Å². The Morgan fingerprint density at radius 1 is 1.29 bits per heavy atom. The van der Waals surface area contributed by atoms with Crippen LogP contribution in [0.3, 0.4) is 0 Å². The molecule has 6 heteroatoms. The number of rotatable bonds is 5. The Morgan fingerprint density at radius 3 is 2.57 bits per heavy atom. The lowest BCUT2D eigenvalue weighted by atomic mass is 10.1. The van der Waals surface area contributed by atoms with E-state index in [4.69, 9.17) is 11.6 Å². The minimum atomic E-state index is -0.468. The van der Waals surface area contributed by atoms with Gasteiger partial charge in [0.1, 0.15) is 5.02 Å². The lowest BCUT2D eigenvalue weighted by molar-refractivity contribution is -0.384. The Morgan fingerprint density at radius 2 is 1.95 bits per heavy atom. The number of hydrogen-bond donors (Lipinski definition) is 1. The van der Waals surface area contributed by atoms with Crippen LogP contribution in [-0.4, -0.2) is 4.92 Å². The fourth-order valence-corrected chi connectivity index (χ4v) is 2.40. The van der Waals surface area contributed by atoms with E-state index >= 15 is 0 Å². The summed E-state index contributed by atoms with van der Waals surface area (Å²) in [6.07, 6.45) is 0. The summed E-state index contributed by atoms with van der Waals surface area (Å²) >= 11 is 9.20. The molecule has 0 fully saturated rings. The summed E-state index contributed by atoms with van der Waals surface area (Å²) in [7, 11) is 0. The normalized spacial score (nSPS) is 12.1. The molecule has 0 saturated heterocycles. The van der Waals surface area contributed by atoms with Crippen molar-refractivity contribution in [3.63, 3.8) is 0 Å². The summed E-state index contributed by atoms with van der Waals surface area (Å²) in [4.78, 5) is 10.4. The van der Waals surface area contributed by atoms with Gasteiger partial charge in [-0.3, -0.25) is 10.1 Å². The van der Waals surface area contributed by atoms with Crippen LogP contribution in [-0.2, 0) is 6.54 Å². The number of nitro groups is 1. The van der Waals surface area contributed by atoms with Crippen LogP contribution in [0.25, 0.3) is 0 Å². The number of nitrogens with one attached hydrogen (secondary N) is 1. The van der Waals surface area contributed by atoms with E-state index in [0.29, 0.717) is 6.54 Å². The molecule has 2 aromatic carbocycles. The van der Waals surface area contributed by atoms with Gasteiger partial charge < -0.3 is 5.32 Å². The van der Waals surface area contributed by atoms with Gasteiger partial charge in [0.15, 0.2) is 0 Å². The SMILES string of the molecule is CC(NCc1ccc(Cl)c([N+](=O)[O-])c1)c1ccc(Br)cc1. The molecule has 0 saturated carbocycles. The standard InChI is InChI=1S/C15H14BrClN2O2/c1-10(12-3-5-13(16)6-4-12)18-9-11-2-7-14(17)15(8-11)19(20)21/h2-8,10,18H,9H2,1H3. The molecule has 2 rings (SSSR count). The third-order valence-corrected chi connectivity index (χ3v) is 4.04. The molecule has 1 atom stereocenters. The number of halogens is 2. The predicted molar refractivity (Wildman–Crippen MR) is 87.5 cm³/mol. The maximum Gasteiger partial charge on any atom is 0.288 e. The van der Waals surface area contributed by atoms with Gasteiger partial charge in [0.25, 0.3) is 5.69 Å². The van der Waals surface area contributed by atoms with Crippen molar-refractivity contribution in [3.8, 4) is 0 Å². The molecular formula is C15H14BrClN2O2. The largest absolute Gasteiger partial charge is 0.306 e. The highest BCUT2D eigenvalue weighted by Crippen LogP contribution is 2.25. The van der Waals surface area contributed by atoms with Gasteiger partial charge in [0.05, 0.1) is 4.92 Å². The maximum absolute atomic E-state index is 10.9. The van der Waals surface area contributed by atoms with Crippen molar-refractivity contribution in [1.29, 1.82) is 0 Å². The van der Waals surface area contributed by atoms with Crippen molar-refractivity contribution in [3.05, 3.63) is 73.2 Å². The van der Waals surface area contributed by atoms with Crippen LogP contribution in [0.5, 0.6) is 0 Å². The smallest absolute Gasteiger partial charge is 0.288 e. The number of nitrogens with zero attached hydrogens (tertiary/aromatic N) is 1. The van der Waals surface area contributed by atoms with E-state index in [9.17, 15) is 10.1 Å². The molecule has 1 unspecified atom stereocenters. The van der Waals surface area contributed by atoms with Gasteiger partial charge in [0, 0.05) is 23.1 Å². The second-order valence-electron chi connectivity index (χ2n) is 4.70. The first-order valence-electron chi connectivity index (χ1n) is 6.39. The van der Waals surface area contributed by atoms with Gasteiger partial charge in [-0.2, -0.15) is 0 Å². The van der Waals surface area contributed by atoms with E-state index < -0.39 is 4.92 Å². The van der Waals surface area contributed by atoms with E-state index in [1.54, 1.807) is 12.1 Å². The first kappa shape index (κ1) is 15.9. The first-order valence-corrected chi connectivity index (χ1v) is 7.56. The van der Waals surface area contributed by atoms with Gasteiger partial charge >= 0.3 is 0 Å². The van der Waals surface area contributed by atoms with E-state index in [0.717, 1.165) is 15.6 Å². The van der Waals surface area contributed by atoms with Crippen molar-refractivity contribution < 1.29 is 4.92 Å². The molecule has 4 nitrogen and oxygen atoms in total. The van der Waals surface area contributed by atoms with Crippen molar-refractivity contribution in [2.24, 2.45) is 0 Å². The molecule has 1 N–H and O–H groups in total. The Balaban J connectivity index is 2.04. The Kier molecular flexibility index (Phi) is 5.33. The Hall–Kier alpha value is -1.43. The lowest BCUT2D eigenvalue weighted by Gasteiger charge is -2.14. The average molecular weight is 370 g/mol. The van der Waals surface area contributed by atoms with Crippen LogP contribution >= 0.6 is 27.5 Å². The highest BCUT2D eigenvalue weighted by molar-refractivity contribution is 9.10. The third kappa shape index (κ3) is 4.27. The van der Waals surface area contributed by atoms with Gasteiger partial charge in [-0.05, 0) is 36.2 Å². The van der Waals surface area contributed by atoms with E-state index in [-0.39, 0.29) is 16.8 Å². The molecule has 0 aromatic heterocycles. The van der Waals surface area contributed by atoms with Crippen LogP contribution < -0.4 is 5.32 Å². The molecule has 0 aliphatic heterocycles. The first-order chi connectivity index (χ1) is 9.97. The van der Waals surface area contributed by atoms with Crippen LogP contribution in [0.2, 0.25) is 5.02 Å². The number of nitro benzene ring substituents is 1. The fourth-order valence-electron chi connectivity index (χ4n) is 1.95. The summed E-state index contributed by atoms with van der Waals surface area (Å²) in [5.41, 5.74) is 1.92. The van der Waals surface area contributed by atoms with Gasteiger partial charge in [-0.15, -0.1) is 0 Å². The summed E-state index contributed by atoms with van der Waals surface area (Å²) in [6.45, 7) is 2.59. The molecule has 0 amide bonds. The number of benzene rings is 2. The highest BCUT2D eigenvalue weighted by atomic mass is 79.9. The zero-order chi connectivity index (χ0) is 15.4. The minimum absolute atomic E-state index is 0.0627. The molecule has 2 aromatic rings. The summed E-state index contributed by atoms with van der Waals surface area (Å²) in [5.74, 6) is 0. The van der Waals surface area contributed by atoms with Crippen LogP contribution in [0.15, 0.2) is 46.9 Å². The molecule has 110 valence electrons. The quantitative estimate of drug-likeness (QED) is 0.605. The van der Waals surface area contributed by atoms with Crippen LogP contribution in [0.1, 0.15) is 24.1 Å². The summed E-state index contributed by atoms with van der Waals surface area (Å²) in [5, 5.41) is 14.4. The highest BCUT2D eigenvalue weighted by Gasteiger charge is 2.13. The summed E-state index contributed by atoms with van der Waals surface area (Å²) in [6, 6.07) is 13.0. The molecular weight excluding hydrogens is 356 g/mol. The van der Waals surface area contributed by atoms with Crippen molar-refractivity contribution in [2.45, 2.75) is 19.5 Å². The molecule has 0 spiro atoms. The van der Waals surface area contributed by atoms with Gasteiger partial charge in [0.2, 0.25) is 0 Å². The number of hydrogen-bond acceptors (Lipinski definition) is 3.